The third-order valence-corrected chi connectivity index (χ3v) is 3.36. The summed E-state index contributed by atoms with van der Waals surface area (Å²) in [5.41, 5.74) is 3.59. The standard InChI is InChI=1S/C16H19FN2O2/c1-10-8-18-14(11(2)16(10)21-4)9-19-13-6-5-12(17)7-15(13)20-3/h5-8,19H,9H2,1-4H3. The first kappa shape index (κ1) is 15.1. The van der Waals surface area contributed by atoms with Gasteiger partial charge in [-0.1, -0.05) is 0 Å². The van der Waals surface area contributed by atoms with Crippen molar-refractivity contribution >= 4 is 5.69 Å². The summed E-state index contributed by atoms with van der Waals surface area (Å²) in [6, 6.07) is 4.38. The second-order valence-corrected chi connectivity index (χ2v) is 4.74. The highest BCUT2D eigenvalue weighted by Crippen LogP contribution is 2.27. The van der Waals surface area contributed by atoms with Gasteiger partial charge in [-0.05, 0) is 26.0 Å². The first-order valence-electron chi connectivity index (χ1n) is 6.63. The van der Waals surface area contributed by atoms with E-state index in [-0.39, 0.29) is 5.82 Å². The minimum absolute atomic E-state index is 0.330. The molecule has 21 heavy (non-hydrogen) atoms. The number of anilines is 1. The van der Waals surface area contributed by atoms with Crippen molar-refractivity contribution in [1.29, 1.82) is 0 Å². The Bertz CT molecular complexity index is 644. The molecule has 0 spiro atoms. The number of methoxy groups -OCH3 is 2. The molecule has 0 saturated carbocycles. The number of nitrogens with zero attached hydrogens (tertiary/aromatic N) is 1. The normalized spacial score (nSPS) is 10.3. The average molecular weight is 290 g/mol. The summed E-state index contributed by atoms with van der Waals surface area (Å²) in [5, 5.41) is 3.21. The van der Waals surface area contributed by atoms with E-state index in [1.54, 1.807) is 19.4 Å². The molecule has 0 aliphatic rings. The highest BCUT2D eigenvalue weighted by atomic mass is 19.1. The minimum Gasteiger partial charge on any atom is -0.496 e. The Morgan fingerprint density at radius 2 is 1.95 bits per heavy atom. The molecule has 0 fully saturated rings. The van der Waals surface area contributed by atoms with Crippen LogP contribution in [-0.4, -0.2) is 19.2 Å². The maximum Gasteiger partial charge on any atom is 0.144 e. The minimum atomic E-state index is -0.330. The highest BCUT2D eigenvalue weighted by Gasteiger charge is 2.10. The molecule has 0 bridgehead atoms. The maximum atomic E-state index is 13.2. The van der Waals surface area contributed by atoms with Crippen molar-refractivity contribution in [3.05, 3.63) is 47.0 Å². The van der Waals surface area contributed by atoms with E-state index in [0.29, 0.717) is 12.3 Å². The molecule has 2 aromatic rings. The van der Waals surface area contributed by atoms with E-state index in [0.717, 1.165) is 28.3 Å². The topological polar surface area (TPSA) is 43.4 Å². The number of hydrogen-bond acceptors (Lipinski definition) is 4. The Kier molecular flexibility index (Phi) is 4.62. The summed E-state index contributed by atoms with van der Waals surface area (Å²) in [5.74, 6) is 0.975. The van der Waals surface area contributed by atoms with E-state index in [9.17, 15) is 4.39 Å². The molecule has 0 aliphatic carbocycles. The third-order valence-electron chi connectivity index (χ3n) is 3.36. The molecule has 0 saturated heterocycles. The summed E-state index contributed by atoms with van der Waals surface area (Å²) < 4.78 is 23.7. The van der Waals surface area contributed by atoms with Crippen LogP contribution >= 0.6 is 0 Å². The lowest BCUT2D eigenvalue weighted by Gasteiger charge is -2.14. The zero-order valence-electron chi connectivity index (χ0n) is 12.7. The SMILES string of the molecule is COc1cc(F)ccc1NCc1ncc(C)c(OC)c1C. The lowest BCUT2D eigenvalue weighted by atomic mass is 10.1. The highest BCUT2D eigenvalue weighted by molar-refractivity contribution is 5.57. The zero-order valence-corrected chi connectivity index (χ0v) is 12.7. The first-order valence-corrected chi connectivity index (χ1v) is 6.63. The number of rotatable bonds is 5. The zero-order chi connectivity index (χ0) is 15.4. The van der Waals surface area contributed by atoms with Gasteiger partial charge in [-0.25, -0.2) is 4.39 Å². The van der Waals surface area contributed by atoms with Crippen LogP contribution in [0.4, 0.5) is 10.1 Å². The van der Waals surface area contributed by atoms with Crippen LogP contribution in [0.2, 0.25) is 0 Å². The van der Waals surface area contributed by atoms with Crippen LogP contribution in [0.3, 0.4) is 0 Å². The van der Waals surface area contributed by atoms with Gasteiger partial charge in [0.15, 0.2) is 0 Å². The van der Waals surface area contributed by atoms with Crippen molar-refractivity contribution in [2.75, 3.05) is 19.5 Å². The van der Waals surface area contributed by atoms with E-state index in [4.69, 9.17) is 9.47 Å². The smallest absolute Gasteiger partial charge is 0.144 e. The molecule has 0 unspecified atom stereocenters. The van der Waals surface area contributed by atoms with Gasteiger partial charge in [0.05, 0.1) is 32.1 Å². The maximum absolute atomic E-state index is 13.2. The van der Waals surface area contributed by atoms with Gasteiger partial charge < -0.3 is 14.8 Å². The van der Waals surface area contributed by atoms with Gasteiger partial charge in [-0.2, -0.15) is 0 Å². The molecule has 2 rings (SSSR count). The van der Waals surface area contributed by atoms with E-state index < -0.39 is 0 Å². The van der Waals surface area contributed by atoms with Crippen molar-refractivity contribution in [2.24, 2.45) is 0 Å². The second kappa shape index (κ2) is 6.43. The summed E-state index contributed by atoms with van der Waals surface area (Å²) in [7, 11) is 3.16. The number of halogens is 1. The predicted molar refractivity (Wildman–Crippen MR) is 80.5 cm³/mol. The quantitative estimate of drug-likeness (QED) is 0.915. The van der Waals surface area contributed by atoms with Gasteiger partial charge in [0, 0.05) is 23.4 Å². The molecule has 112 valence electrons. The van der Waals surface area contributed by atoms with Crippen molar-refractivity contribution in [2.45, 2.75) is 20.4 Å². The summed E-state index contributed by atoms with van der Waals surface area (Å²) in [4.78, 5) is 4.42. The summed E-state index contributed by atoms with van der Waals surface area (Å²) in [6.07, 6.45) is 1.78. The fourth-order valence-electron chi connectivity index (χ4n) is 2.24. The molecule has 0 radical (unpaired) electrons. The lowest BCUT2D eigenvalue weighted by molar-refractivity contribution is 0.407. The summed E-state index contributed by atoms with van der Waals surface area (Å²) >= 11 is 0. The Morgan fingerprint density at radius 1 is 1.19 bits per heavy atom. The van der Waals surface area contributed by atoms with Crippen molar-refractivity contribution in [3.63, 3.8) is 0 Å². The Labute approximate surface area is 123 Å². The van der Waals surface area contributed by atoms with Crippen LogP contribution in [0.5, 0.6) is 11.5 Å². The van der Waals surface area contributed by atoms with Gasteiger partial charge in [-0.3, -0.25) is 4.98 Å². The first-order chi connectivity index (χ1) is 10.1. The molecule has 0 aliphatic heterocycles. The molecule has 4 nitrogen and oxygen atoms in total. The molecular weight excluding hydrogens is 271 g/mol. The monoisotopic (exact) mass is 290 g/mol. The van der Waals surface area contributed by atoms with E-state index >= 15 is 0 Å². The van der Waals surface area contributed by atoms with E-state index in [1.165, 1.54) is 19.2 Å². The van der Waals surface area contributed by atoms with Crippen LogP contribution in [0, 0.1) is 19.7 Å². The molecule has 5 heteroatoms. The van der Waals surface area contributed by atoms with Gasteiger partial charge in [0.1, 0.15) is 17.3 Å². The number of hydrogen-bond donors (Lipinski definition) is 1. The lowest BCUT2D eigenvalue weighted by Crippen LogP contribution is -2.07. The molecule has 0 atom stereocenters. The largest absolute Gasteiger partial charge is 0.496 e. The third kappa shape index (κ3) is 3.24. The van der Waals surface area contributed by atoms with Gasteiger partial charge in [0.2, 0.25) is 0 Å². The van der Waals surface area contributed by atoms with Gasteiger partial charge in [0.25, 0.3) is 0 Å². The Hall–Kier alpha value is -2.30. The number of aryl methyl sites for hydroxylation is 1. The number of benzene rings is 1. The Morgan fingerprint density at radius 3 is 2.62 bits per heavy atom. The van der Waals surface area contributed by atoms with E-state index in [2.05, 4.69) is 10.3 Å². The van der Waals surface area contributed by atoms with E-state index in [1.807, 2.05) is 13.8 Å². The van der Waals surface area contributed by atoms with Crippen LogP contribution in [-0.2, 0) is 6.54 Å². The number of pyridine rings is 1. The molecule has 1 aromatic carbocycles. The molecule has 1 heterocycles. The molecule has 0 amide bonds. The molecule has 1 N–H and O–H groups in total. The average Bonchev–Trinajstić information content (AvgIpc) is 2.48. The number of nitrogens with one attached hydrogen (secondary N) is 1. The predicted octanol–water partition coefficient (Wildman–Crippen LogP) is 3.47. The molecule has 1 aromatic heterocycles. The van der Waals surface area contributed by atoms with Crippen molar-refractivity contribution in [1.82, 2.24) is 4.98 Å². The van der Waals surface area contributed by atoms with Gasteiger partial charge in [-0.15, -0.1) is 0 Å². The van der Waals surface area contributed by atoms with Crippen molar-refractivity contribution < 1.29 is 13.9 Å². The van der Waals surface area contributed by atoms with Crippen molar-refractivity contribution in [3.8, 4) is 11.5 Å². The number of aromatic nitrogens is 1. The van der Waals surface area contributed by atoms with Crippen LogP contribution in [0.15, 0.2) is 24.4 Å². The molecular formula is C16H19FN2O2. The fourth-order valence-corrected chi connectivity index (χ4v) is 2.24. The van der Waals surface area contributed by atoms with Crippen LogP contribution in [0.25, 0.3) is 0 Å². The van der Waals surface area contributed by atoms with Crippen LogP contribution in [0.1, 0.15) is 16.8 Å². The Balaban J connectivity index is 2.21. The fraction of sp³-hybridized carbons (Fsp3) is 0.312. The summed E-state index contributed by atoms with van der Waals surface area (Å²) in [6.45, 7) is 4.43. The second-order valence-electron chi connectivity index (χ2n) is 4.74. The van der Waals surface area contributed by atoms with Gasteiger partial charge >= 0.3 is 0 Å². The van der Waals surface area contributed by atoms with Crippen LogP contribution < -0.4 is 14.8 Å². The number of ether oxygens (including phenoxy) is 2.